The van der Waals surface area contributed by atoms with Gasteiger partial charge in [0, 0.05) is 21.7 Å². The number of halogens is 1. The minimum absolute atomic E-state index is 0.0154. The molecule has 5 rings (SSSR count). The molecule has 1 aromatic heterocycles. The number of hydrogen-bond acceptors (Lipinski definition) is 5. The van der Waals surface area contributed by atoms with E-state index in [0.717, 1.165) is 36.9 Å². The molecule has 2 heterocycles. The van der Waals surface area contributed by atoms with E-state index in [2.05, 4.69) is 9.88 Å². The molecule has 1 fully saturated rings. The molecule has 4 N–H and O–H groups in total. The number of primary amides is 1. The number of likely N-dealkylation sites (tertiary alicyclic amines) is 1. The van der Waals surface area contributed by atoms with Crippen molar-refractivity contribution in [2.75, 3.05) is 24.5 Å². The summed E-state index contributed by atoms with van der Waals surface area (Å²) in [5.74, 6) is -0.793. The van der Waals surface area contributed by atoms with Crippen molar-refractivity contribution in [2.24, 2.45) is 10.7 Å². The van der Waals surface area contributed by atoms with E-state index in [4.69, 9.17) is 22.3 Å². The molecule has 4 aromatic rings. The highest BCUT2D eigenvalue weighted by Gasteiger charge is 2.38. The van der Waals surface area contributed by atoms with Gasteiger partial charge in [-0.1, -0.05) is 48.0 Å². The fraction of sp³-hybridized carbons (Fsp3) is 0.258. The number of aromatic hydroxyl groups is 1. The van der Waals surface area contributed by atoms with Crippen molar-refractivity contribution in [1.29, 1.82) is 0 Å². The van der Waals surface area contributed by atoms with Crippen molar-refractivity contribution in [3.05, 3.63) is 88.9 Å². The third-order valence-corrected chi connectivity index (χ3v) is 7.58. The number of aliphatic imine (C=N–C) groups is 1. The number of amides is 2. The molecule has 1 saturated heterocycles. The summed E-state index contributed by atoms with van der Waals surface area (Å²) in [5, 5.41) is 12.2. The lowest BCUT2D eigenvalue weighted by molar-refractivity contribution is -0.127. The average Bonchev–Trinajstić information content (AvgIpc) is 3.55. The van der Waals surface area contributed by atoms with Crippen LogP contribution in [0.4, 0.5) is 11.4 Å². The Morgan fingerprint density at radius 3 is 2.38 bits per heavy atom. The van der Waals surface area contributed by atoms with Gasteiger partial charge in [0.1, 0.15) is 5.54 Å². The van der Waals surface area contributed by atoms with E-state index in [1.807, 2.05) is 36.4 Å². The van der Waals surface area contributed by atoms with Crippen molar-refractivity contribution in [1.82, 2.24) is 9.88 Å². The number of aromatic amines is 1. The van der Waals surface area contributed by atoms with Crippen LogP contribution in [0.1, 0.15) is 37.8 Å². The summed E-state index contributed by atoms with van der Waals surface area (Å²) >= 11 is 6.18. The molecule has 0 unspecified atom stereocenters. The second-order valence-electron chi connectivity index (χ2n) is 10.5. The van der Waals surface area contributed by atoms with E-state index in [0.29, 0.717) is 33.2 Å². The van der Waals surface area contributed by atoms with E-state index >= 15 is 0 Å². The second-order valence-corrected chi connectivity index (χ2v) is 11.0. The molecule has 8 nitrogen and oxygen atoms in total. The van der Waals surface area contributed by atoms with Crippen LogP contribution in [0.2, 0.25) is 5.02 Å². The molecular weight excluding hydrogens is 526 g/mol. The number of benzene rings is 3. The van der Waals surface area contributed by atoms with Gasteiger partial charge in [0.15, 0.2) is 5.88 Å². The van der Waals surface area contributed by atoms with Crippen LogP contribution in [-0.4, -0.2) is 57.7 Å². The largest absolute Gasteiger partial charge is 0.494 e. The number of nitrogens with two attached hydrogens (primary N) is 1. The van der Waals surface area contributed by atoms with Crippen LogP contribution in [0.15, 0.2) is 77.8 Å². The Morgan fingerprint density at radius 1 is 1.05 bits per heavy atom. The standard InChI is InChI=1S/C31H32ClN5O3/c1-31(2,30(33)40)37(26(38)19-36-16-6-7-17-36)23-13-11-22(12-14-23)34-28(20-8-4-3-5-9-20)27-24-15-10-21(32)18-25(24)35-29(27)39/h3-5,8-15,18,35,39H,6-7,16-17,19H2,1-2H3,(H2,33,40). The quantitative estimate of drug-likeness (QED) is 0.252. The smallest absolute Gasteiger partial charge is 0.243 e. The van der Waals surface area contributed by atoms with E-state index < -0.39 is 11.4 Å². The van der Waals surface area contributed by atoms with Gasteiger partial charge in [-0.2, -0.15) is 0 Å². The first-order valence-electron chi connectivity index (χ1n) is 13.2. The number of carbonyl (C=O) groups is 2. The highest BCUT2D eigenvalue weighted by molar-refractivity contribution is 6.31. The highest BCUT2D eigenvalue weighted by atomic mass is 35.5. The van der Waals surface area contributed by atoms with Gasteiger partial charge in [-0.25, -0.2) is 4.99 Å². The maximum Gasteiger partial charge on any atom is 0.243 e. The molecule has 0 aliphatic carbocycles. The van der Waals surface area contributed by atoms with Crippen LogP contribution in [0, 0.1) is 0 Å². The molecule has 0 radical (unpaired) electrons. The highest BCUT2D eigenvalue weighted by Crippen LogP contribution is 2.34. The van der Waals surface area contributed by atoms with Crippen molar-refractivity contribution >= 4 is 51.4 Å². The van der Waals surface area contributed by atoms with Gasteiger partial charge in [-0.05, 0) is 76.2 Å². The van der Waals surface area contributed by atoms with Crippen LogP contribution < -0.4 is 10.6 Å². The van der Waals surface area contributed by atoms with E-state index in [1.165, 1.54) is 4.90 Å². The minimum atomic E-state index is -1.23. The Morgan fingerprint density at radius 2 is 1.73 bits per heavy atom. The van der Waals surface area contributed by atoms with Crippen molar-refractivity contribution in [2.45, 2.75) is 32.2 Å². The first-order chi connectivity index (χ1) is 19.1. The van der Waals surface area contributed by atoms with E-state index in [-0.39, 0.29) is 18.3 Å². The zero-order chi connectivity index (χ0) is 28.4. The van der Waals surface area contributed by atoms with Crippen LogP contribution in [-0.2, 0) is 9.59 Å². The summed E-state index contributed by atoms with van der Waals surface area (Å²) in [6.45, 7) is 5.25. The lowest BCUT2D eigenvalue weighted by Gasteiger charge is -2.37. The summed E-state index contributed by atoms with van der Waals surface area (Å²) in [6, 6.07) is 22.1. The SMILES string of the molecule is CC(C)(C(N)=O)N(C(=O)CN1CCCC1)c1ccc(N=C(c2ccccc2)c2c(O)[nH]c3cc(Cl)ccc23)cc1. The molecule has 9 heteroatoms. The maximum atomic E-state index is 13.4. The van der Waals surface area contributed by atoms with E-state index in [9.17, 15) is 14.7 Å². The summed E-state index contributed by atoms with van der Waals surface area (Å²) in [7, 11) is 0. The van der Waals surface area contributed by atoms with Gasteiger partial charge < -0.3 is 15.8 Å². The molecule has 3 aromatic carbocycles. The molecule has 1 aliphatic rings. The molecule has 1 aliphatic heterocycles. The van der Waals surface area contributed by atoms with Gasteiger partial charge in [0.25, 0.3) is 0 Å². The molecule has 2 amide bonds. The van der Waals surface area contributed by atoms with Crippen molar-refractivity contribution < 1.29 is 14.7 Å². The van der Waals surface area contributed by atoms with Gasteiger partial charge in [-0.3, -0.25) is 19.4 Å². The van der Waals surface area contributed by atoms with Crippen LogP contribution in [0.25, 0.3) is 10.9 Å². The summed E-state index contributed by atoms with van der Waals surface area (Å²) in [4.78, 5) is 37.3. The Kier molecular flexibility index (Phi) is 7.65. The van der Waals surface area contributed by atoms with Gasteiger partial charge in [0.2, 0.25) is 11.8 Å². The number of anilines is 1. The van der Waals surface area contributed by atoms with E-state index in [1.54, 1.807) is 50.2 Å². The average molecular weight is 558 g/mol. The topological polar surface area (TPSA) is 115 Å². The Balaban J connectivity index is 1.55. The van der Waals surface area contributed by atoms with Gasteiger partial charge >= 0.3 is 0 Å². The fourth-order valence-electron chi connectivity index (χ4n) is 5.15. The van der Waals surface area contributed by atoms with Gasteiger partial charge in [-0.15, -0.1) is 0 Å². The minimum Gasteiger partial charge on any atom is -0.494 e. The zero-order valence-electron chi connectivity index (χ0n) is 22.5. The summed E-state index contributed by atoms with van der Waals surface area (Å²) in [6.07, 6.45) is 2.12. The number of rotatable bonds is 8. The number of hydrogen-bond donors (Lipinski definition) is 3. The van der Waals surface area contributed by atoms with Crippen LogP contribution >= 0.6 is 11.6 Å². The lowest BCUT2D eigenvalue weighted by Crippen LogP contribution is -2.58. The number of fused-ring (bicyclic) bond motifs is 1. The number of carbonyl (C=O) groups excluding carboxylic acids is 2. The summed E-state index contributed by atoms with van der Waals surface area (Å²) in [5.41, 5.74) is 8.30. The Bertz CT molecular complexity index is 1570. The van der Waals surface area contributed by atoms with Gasteiger partial charge in [0.05, 0.1) is 29.0 Å². The van der Waals surface area contributed by atoms with Crippen molar-refractivity contribution in [3.8, 4) is 5.88 Å². The molecule has 0 spiro atoms. The molecular formula is C31H32ClN5O3. The predicted molar refractivity (Wildman–Crippen MR) is 160 cm³/mol. The first-order valence-corrected chi connectivity index (χ1v) is 13.6. The summed E-state index contributed by atoms with van der Waals surface area (Å²) < 4.78 is 0. The normalized spacial score (nSPS) is 14.5. The number of nitrogens with one attached hydrogen (secondary N) is 1. The van der Waals surface area contributed by atoms with Crippen LogP contribution in [0.3, 0.4) is 0 Å². The zero-order valence-corrected chi connectivity index (χ0v) is 23.3. The first kappa shape index (κ1) is 27.4. The molecule has 0 bridgehead atoms. The molecule has 0 saturated carbocycles. The second kappa shape index (κ2) is 11.2. The molecule has 0 atom stereocenters. The number of H-pyrrole nitrogens is 1. The fourth-order valence-corrected chi connectivity index (χ4v) is 5.32. The number of aromatic nitrogens is 1. The Labute approximate surface area is 238 Å². The third-order valence-electron chi connectivity index (χ3n) is 7.34. The lowest BCUT2D eigenvalue weighted by atomic mass is 10.00. The monoisotopic (exact) mass is 557 g/mol. The van der Waals surface area contributed by atoms with Crippen molar-refractivity contribution in [3.63, 3.8) is 0 Å². The maximum absolute atomic E-state index is 13.4. The number of nitrogens with zero attached hydrogens (tertiary/aromatic N) is 3. The molecule has 206 valence electrons. The Hall–Kier alpha value is -4.14. The molecule has 40 heavy (non-hydrogen) atoms. The predicted octanol–water partition coefficient (Wildman–Crippen LogP) is 5.39. The van der Waals surface area contributed by atoms with Crippen LogP contribution in [0.5, 0.6) is 5.88 Å². The third kappa shape index (κ3) is 5.46.